The third-order valence-electron chi connectivity index (χ3n) is 5.27. The Morgan fingerprint density at radius 2 is 1.80 bits per heavy atom. The molecule has 2 aromatic carbocycles. The molecule has 0 radical (unpaired) electrons. The van der Waals surface area contributed by atoms with Gasteiger partial charge in [-0.2, -0.15) is 0 Å². The van der Waals surface area contributed by atoms with Gasteiger partial charge in [0.25, 0.3) is 0 Å². The van der Waals surface area contributed by atoms with Crippen LogP contribution in [-0.4, -0.2) is 32.5 Å². The second-order valence-electron chi connectivity index (χ2n) is 8.89. The number of nitrogens with zero attached hydrogens (tertiary/aromatic N) is 3. The third kappa shape index (κ3) is 4.59. The van der Waals surface area contributed by atoms with Crippen LogP contribution in [0.5, 0.6) is 0 Å². The van der Waals surface area contributed by atoms with E-state index in [9.17, 15) is 4.79 Å². The van der Waals surface area contributed by atoms with E-state index in [0.717, 1.165) is 40.6 Å². The number of carbonyl (C=O) groups excluding carboxylic acids is 1. The van der Waals surface area contributed by atoms with Crippen molar-refractivity contribution in [1.82, 2.24) is 20.1 Å². The molecule has 1 fully saturated rings. The largest absolute Gasteiger partial charge is 0.353 e. The van der Waals surface area contributed by atoms with Crippen molar-refractivity contribution in [1.29, 1.82) is 0 Å². The highest BCUT2D eigenvalue weighted by Crippen LogP contribution is 2.31. The predicted molar refractivity (Wildman–Crippen MR) is 122 cm³/mol. The van der Waals surface area contributed by atoms with Gasteiger partial charge in [0.05, 0.1) is 11.4 Å². The average Bonchev–Trinajstić information content (AvgIpc) is 3.42. The summed E-state index contributed by atoms with van der Waals surface area (Å²) in [6, 6.07) is 17.1. The average molecular weight is 421 g/mol. The fourth-order valence-corrected chi connectivity index (χ4v) is 4.08. The number of aryl methyl sites for hydroxylation is 1. The molecule has 156 valence electrons. The van der Waals surface area contributed by atoms with Gasteiger partial charge >= 0.3 is 0 Å². The maximum atomic E-state index is 12.2. The zero-order valence-corrected chi connectivity index (χ0v) is 18.8. The maximum Gasteiger partial charge on any atom is 0.230 e. The summed E-state index contributed by atoms with van der Waals surface area (Å²) >= 11 is 1.43. The molecule has 1 heterocycles. The molecule has 5 nitrogen and oxygen atoms in total. The number of hydrogen-bond acceptors (Lipinski definition) is 4. The van der Waals surface area contributed by atoms with Gasteiger partial charge in [-0.15, -0.1) is 10.2 Å². The van der Waals surface area contributed by atoms with Crippen molar-refractivity contribution in [3.05, 3.63) is 59.7 Å². The molecule has 1 saturated carbocycles. The SMILES string of the molecule is Cc1ccccc1-n1c(SCC(=O)NC2CC2)nnc1-c1ccc(C(C)(C)C)cc1. The Labute approximate surface area is 182 Å². The lowest BCUT2D eigenvalue weighted by Gasteiger charge is -2.19. The van der Waals surface area contributed by atoms with Crippen LogP contribution in [0, 0.1) is 6.92 Å². The van der Waals surface area contributed by atoms with Gasteiger partial charge in [-0.25, -0.2) is 0 Å². The molecule has 4 rings (SSSR count). The van der Waals surface area contributed by atoms with Gasteiger partial charge in [-0.05, 0) is 42.4 Å². The van der Waals surface area contributed by atoms with Crippen LogP contribution < -0.4 is 5.32 Å². The Hall–Kier alpha value is -2.60. The molecule has 6 heteroatoms. The van der Waals surface area contributed by atoms with Gasteiger partial charge in [-0.1, -0.05) is 75.0 Å². The van der Waals surface area contributed by atoms with Crippen LogP contribution in [0.4, 0.5) is 0 Å². The predicted octanol–water partition coefficient (Wildman–Crippen LogP) is 4.91. The van der Waals surface area contributed by atoms with E-state index in [1.165, 1.54) is 17.3 Å². The number of aromatic nitrogens is 3. The second kappa shape index (κ2) is 8.26. The molecular weight excluding hydrogens is 392 g/mol. The summed E-state index contributed by atoms with van der Waals surface area (Å²) in [5.41, 5.74) is 4.54. The third-order valence-corrected chi connectivity index (χ3v) is 6.20. The number of hydrogen-bond donors (Lipinski definition) is 1. The van der Waals surface area contributed by atoms with Crippen molar-refractivity contribution in [3.63, 3.8) is 0 Å². The number of thioether (sulfide) groups is 1. The van der Waals surface area contributed by atoms with Crippen LogP contribution >= 0.6 is 11.8 Å². The Balaban J connectivity index is 1.69. The van der Waals surface area contributed by atoms with Crippen molar-refractivity contribution in [3.8, 4) is 17.1 Å². The number of carbonyl (C=O) groups is 1. The summed E-state index contributed by atoms with van der Waals surface area (Å²) in [6.07, 6.45) is 2.18. The standard InChI is InChI=1S/C24H28N4OS/c1-16-7-5-6-8-20(16)28-22(17-9-11-18(12-10-17)24(2,3)4)26-27-23(28)30-15-21(29)25-19-13-14-19/h5-12,19H,13-15H2,1-4H3,(H,25,29). The maximum absolute atomic E-state index is 12.2. The number of amides is 1. The molecule has 0 atom stereocenters. The molecule has 0 unspecified atom stereocenters. The number of para-hydroxylation sites is 1. The van der Waals surface area contributed by atoms with E-state index >= 15 is 0 Å². The van der Waals surface area contributed by atoms with Crippen molar-refractivity contribution in [2.75, 3.05) is 5.75 Å². The summed E-state index contributed by atoms with van der Waals surface area (Å²) in [4.78, 5) is 12.2. The van der Waals surface area contributed by atoms with Gasteiger partial charge in [-0.3, -0.25) is 9.36 Å². The van der Waals surface area contributed by atoms with Crippen LogP contribution in [-0.2, 0) is 10.2 Å². The van der Waals surface area contributed by atoms with Crippen molar-refractivity contribution in [2.45, 2.75) is 57.1 Å². The normalized spacial score (nSPS) is 14.0. The molecule has 30 heavy (non-hydrogen) atoms. The molecule has 0 spiro atoms. The second-order valence-corrected chi connectivity index (χ2v) is 9.83. The van der Waals surface area contributed by atoms with E-state index in [1.807, 2.05) is 12.1 Å². The van der Waals surface area contributed by atoms with E-state index in [2.05, 4.69) is 84.2 Å². The lowest BCUT2D eigenvalue weighted by atomic mass is 9.87. The Bertz CT molecular complexity index is 1050. The first-order chi connectivity index (χ1) is 14.3. The number of rotatable bonds is 6. The highest BCUT2D eigenvalue weighted by atomic mass is 32.2. The van der Waals surface area contributed by atoms with E-state index < -0.39 is 0 Å². The lowest BCUT2D eigenvalue weighted by Crippen LogP contribution is -2.27. The van der Waals surface area contributed by atoms with E-state index in [0.29, 0.717) is 11.8 Å². The molecule has 1 aliphatic carbocycles. The van der Waals surface area contributed by atoms with Crippen LogP contribution in [0.15, 0.2) is 53.7 Å². The summed E-state index contributed by atoms with van der Waals surface area (Å²) in [5.74, 6) is 1.18. The Morgan fingerprint density at radius 3 is 2.43 bits per heavy atom. The Kier molecular flexibility index (Phi) is 5.69. The van der Waals surface area contributed by atoms with Crippen molar-refractivity contribution in [2.24, 2.45) is 0 Å². The zero-order valence-electron chi connectivity index (χ0n) is 18.0. The minimum absolute atomic E-state index is 0.0536. The first-order valence-corrected chi connectivity index (χ1v) is 11.4. The number of nitrogens with one attached hydrogen (secondary N) is 1. The summed E-state index contributed by atoms with van der Waals surface area (Å²) in [5, 5.41) is 12.7. The van der Waals surface area contributed by atoms with Gasteiger partial charge < -0.3 is 5.32 Å². The van der Waals surface area contributed by atoms with E-state index in [-0.39, 0.29) is 11.3 Å². The minimum Gasteiger partial charge on any atom is -0.353 e. The van der Waals surface area contributed by atoms with Crippen LogP contribution in [0.3, 0.4) is 0 Å². The van der Waals surface area contributed by atoms with Gasteiger partial charge in [0, 0.05) is 11.6 Å². The van der Waals surface area contributed by atoms with Crippen LogP contribution in [0.2, 0.25) is 0 Å². The molecular formula is C24H28N4OS. The van der Waals surface area contributed by atoms with E-state index in [1.54, 1.807) is 0 Å². The molecule has 1 amide bonds. The summed E-state index contributed by atoms with van der Waals surface area (Å²) < 4.78 is 2.07. The van der Waals surface area contributed by atoms with Gasteiger partial charge in [0.2, 0.25) is 5.91 Å². The first-order valence-electron chi connectivity index (χ1n) is 10.4. The van der Waals surface area contributed by atoms with Crippen LogP contribution in [0.25, 0.3) is 17.1 Å². The Morgan fingerprint density at radius 1 is 1.10 bits per heavy atom. The van der Waals surface area contributed by atoms with Crippen molar-refractivity contribution < 1.29 is 4.79 Å². The topological polar surface area (TPSA) is 59.8 Å². The highest BCUT2D eigenvalue weighted by Gasteiger charge is 2.24. The first kappa shape index (κ1) is 20.7. The quantitative estimate of drug-likeness (QED) is 0.576. The highest BCUT2D eigenvalue weighted by molar-refractivity contribution is 7.99. The van der Waals surface area contributed by atoms with Crippen molar-refractivity contribution >= 4 is 17.7 Å². The zero-order chi connectivity index (χ0) is 21.3. The summed E-state index contributed by atoms with van der Waals surface area (Å²) in [6.45, 7) is 8.70. The van der Waals surface area contributed by atoms with Gasteiger partial charge in [0.1, 0.15) is 0 Å². The van der Waals surface area contributed by atoms with Gasteiger partial charge in [0.15, 0.2) is 11.0 Å². The molecule has 0 bridgehead atoms. The lowest BCUT2D eigenvalue weighted by molar-refractivity contribution is -0.118. The molecule has 1 N–H and O–H groups in total. The molecule has 1 aromatic heterocycles. The fraction of sp³-hybridized carbons (Fsp3) is 0.375. The molecule has 3 aromatic rings. The molecule has 1 aliphatic rings. The summed E-state index contributed by atoms with van der Waals surface area (Å²) in [7, 11) is 0. The smallest absolute Gasteiger partial charge is 0.230 e. The van der Waals surface area contributed by atoms with Crippen LogP contribution in [0.1, 0.15) is 44.7 Å². The number of benzene rings is 2. The molecule has 0 aliphatic heterocycles. The minimum atomic E-state index is 0.0536. The monoisotopic (exact) mass is 420 g/mol. The van der Waals surface area contributed by atoms with E-state index in [4.69, 9.17) is 0 Å². The molecule has 0 saturated heterocycles. The fourth-order valence-electron chi connectivity index (χ4n) is 3.33.